The van der Waals surface area contributed by atoms with Gasteiger partial charge in [0, 0.05) is 56.6 Å². The number of aromatic amines is 1. The van der Waals surface area contributed by atoms with Gasteiger partial charge in [0.25, 0.3) is 0 Å². The van der Waals surface area contributed by atoms with Crippen molar-refractivity contribution in [3.05, 3.63) is 35.5 Å². The Labute approximate surface area is 141 Å². The van der Waals surface area contributed by atoms with Gasteiger partial charge < -0.3 is 14.7 Å². The van der Waals surface area contributed by atoms with Crippen LogP contribution in [0.2, 0.25) is 0 Å². The molecule has 8 nitrogen and oxygen atoms in total. The van der Waals surface area contributed by atoms with E-state index in [1.54, 1.807) is 6.26 Å². The molecule has 1 fully saturated rings. The summed E-state index contributed by atoms with van der Waals surface area (Å²) in [5.41, 5.74) is 3.20. The first-order chi connectivity index (χ1) is 11.8. The second-order valence-corrected chi connectivity index (χ2v) is 5.94. The zero-order valence-corrected chi connectivity index (χ0v) is 14.3. The number of hydrogen-bond acceptors (Lipinski definition) is 5. The second kappa shape index (κ2) is 7.96. The number of guanidine groups is 1. The summed E-state index contributed by atoms with van der Waals surface area (Å²) in [5.74, 6) is 0.971. The molecule has 3 heterocycles. The molecule has 0 unspecified atom stereocenters. The fourth-order valence-electron chi connectivity index (χ4n) is 2.79. The Hall–Kier alpha value is -2.35. The number of hydrogen-bond donors (Lipinski definition) is 2. The lowest BCUT2D eigenvalue weighted by atomic mass is 10.2. The first-order valence-electron chi connectivity index (χ1n) is 8.40. The Kier molecular flexibility index (Phi) is 5.47. The van der Waals surface area contributed by atoms with E-state index in [1.165, 1.54) is 0 Å². The highest BCUT2D eigenvalue weighted by Crippen LogP contribution is 2.09. The van der Waals surface area contributed by atoms with E-state index in [1.807, 2.05) is 19.2 Å². The highest BCUT2D eigenvalue weighted by molar-refractivity contribution is 5.80. The van der Waals surface area contributed by atoms with Crippen LogP contribution in [-0.2, 0) is 13.1 Å². The van der Waals surface area contributed by atoms with E-state index in [4.69, 9.17) is 9.52 Å². The maximum Gasteiger partial charge on any atom is 0.194 e. The molecular formula is C16H25N7O. The van der Waals surface area contributed by atoms with Gasteiger partial charge in [-0.1, -0.05) is 5.16 Å². The van der Waals surface area contributed by atoms with Crippen LogP contribution in [0.1, 0.15) is 23.9 Å². The van der Waals surface area contributed by atoms with Crippen LogP contribution in [0, 0.1) is 6.92 Å². The number of H-pyrrole nitrogens is 1. The van der Waals surface area contributed by atoms with Crippen molar-refractivity contribution in [1.29, 1.82) is 0 Å². The standard InChI is InChI=1S/C16H25N7O/c1-3-17-16(18-10-14-11-19-20-13(14)2)23-7-5-22(6-8-23)12-15-4-9-24-21-15/h4,9,11H,3,5-8,10,12H2,1-2H3,(H,17,18)(H,19,20). The molecule has 0 amide bonds. The molecule has 2 N–H and O–H groups in total. The number of aliphatic imine (C=N–C) groups is 1. The van der Waals surface area contributed by atoms with Gasteiger partial charge in [-0.3, -0.25) is 10.00 Å². The number of nitrogens with zero attached hydrogens (tertiary/aromatic N) is 5. The molecule has 2 aromatic rings. The van der Waals surface area contributed by atoms with E-state index in [0.717, 1.165) is 62.2 Å². The molecule has 3 rings (SSSR count). The van der Waals surface area contributed by atoms with E-state index >= 15 is 0 Å². The van der Waals surface area contributed by atoms with Gasteiger partial charge in [-0.05, 0) is 13.8 Å². The lowest BCUT2D eigenvalue weighted by molar-refractivity contribution is 0.169. The average molecular weight is 331 g/mol. The van der Waals surface area contributed by atoms with Gasteiger partial charge in [0.05, 0.1) is 18.4 Å². The zero-order valence-electron chi connectivity index (χ0n) is 14.3. The third-order valence-corrected chi connectivity index (χ3v) is 4.22. The zero-order chi connectivity index (χ0) is 16.8. The summed E-state index contributed by atoms with van der Waals surface area (Å²) in [6.07, 6.45) is 3.47. The largest absolute Gasteiger partial charge is 0.364 e. The van der Waals surface area contributed by atoms with Crippen molar-refractivity contribution in [2.24, 2.45) is 4.99 Å². The molecule has 0 aliphatic carbocycles. The lowest BCUT2D eigenvalue weighted by Crippen LogP contribution is -2.52. The molecule has 130 valence electrons. The number of aromatic nitrogens is 3. The minimum atomic E-state index is 0.643. The van der Waals surface area contributed by atoms with Crippen LogP contribution in [0.15, 0.2) is 28.0 Å². The maximum absolute atomic E-state index is 4.90. The molecule has 0 spiro atoms. The summed E-state index contributed by atoms with van der Waals surface area (Å²) in [6, 6.07) is 1.92. The monoisotopic (exact) mass is 331 g/mol. The lowest BCUT2D eigenvalue weighted by Gasteiger charge is -2.36. The topological polar surface area (TPSA) is 85.6 Å². The normalized spacial score (nSPS) is 16.6. The van der Waals surface area contributed by atoms with Gasteiger partial charge in [-0.25, -0.2) is 4.99 Å². The van der Waals surface area contributed by atoms with Gasteiger partial charge >= 0.3 is 0 Å². The highest BCUT2D eigenvalue weighted by atomic mass is 16.5. The molecule has 0 atom stereocenters. The SMILES string of the molecule is CCNC(=NCc1cn[nH]c1C)N1CCN(Cc2ccon2)CC1. The molecule has 0 saturated carbocycles. The molecule has 0 aromatic carbocycles. The van der Waals surface area contributed by atoms with E-state index in [-0.39, 0.29) is 0 Å². The molecular weight excluding hydrogens is 306 g/mol. The van der Waals surface area contributed by atoms with Crippen molar-refractivity contribution >= 4 is 5.96 Å². The Morgan fingerprint density at radius 3 is 2.83 bits per heavy atom. The maximum atomic E-state index is 4.90. The van der Waals surface area contributed by atoms with Gasteiger partial charge in [0.1, 0.15) is 6.26 Å². The molecule has 0 bridgehead atoms. The van der Waals surface area contributed by atoms with Crippen molar-refractivity contribution in [3.63, 3.8) is 0 Å². The highest BCUT2D eigenvalue weighted by Gasteiger charge is 2.20. The van der Waals surface area contributed by atoms with E-state index in [0.29, 0.717) is 6.54 Å². The van der Waals surface area contributed by atoms with Crippen LogP contribution in [0.4, 0.5) is 0 Å². The first-order valence-corrected chi connectivity index (χ1v) is 8.40. The van der Waals surface area contributed by atoms with Crippen LogP contribution >= 0.6 is 0 Å². The molecule has 24 heavy (non-hydrogen) atoms. The third-order valence-electron chi connectivity index (χ3n) is 4.22. The first kappa shape index (κ1) is 16.5. The summed E-state index contributed by atoms with van der Waals surface area (Å²) in [4.78, 5) is 9.47. The molecule has 1 aliphatic heterocycles. The molecule has 8 heteroatoms. The minimum Gasteiger partial charge on any atom is -0.364 e. The quantitative estimate of drug-likeness (QED) is 0.628. The Morgan fingerprint density at radius 2 is 2.21 bits per heavy atom. The molecule has 2 aromatic heterocycles. The third kappa shape index (κ3) is 4.14. The predicted molar refractivity (Wildman–Crippen MR) is 91.5 cm³/mol. The Bertz CT molecular complexity index is 641. The molecule has 1 saturated heterocycles. The van der Waals surface area contributed by atoms with Crippen molar-refractivity contribution in [1.82, 2.24) is 30.5 Å². The number of piperazine rings is 1. The average Bonchev–Trinajstić information content (AvgIpc) is 3.24. The van der Waals surface area contributed by atoms with Crippen LogP contribution in [0.3, 0.4) is 0 Å². The van der Waals surface area contributed by atoms with Crippen LogP contribution in [-0.4, -0.2) is 63.8 Å². The summed E-state index contributed by atoms with van der Waals surface area (Å²) >= 11 is 0. The Morgan fingerprint density at radius 1 is 1.38 bits per heavy atom. The second-order valence-electron chi connectivity index (χ2n) is 5.94. The van der Waals surface area contributed by atoms with Gasteiger partial charge in [0.2, 0.25) is 0 Å². The van der Waals surface area contributed by atoms with E-state index < -0.39 is 0 Å². The number of nitrogens with one attached hydrogen (secondary N) is 2. The summed E-state index contributed by atoms with van der Waals surface area (Å²) in [7, 11) is 0. The molecule has 1 aliphatic rings. The summed E-state index contributed by atoms with van der Waals surface area (Å²) in [5, 5.41) is 14.4. The van der Waals surface area contributed by atoms with Gasteiger partial charge in [-0.2, -0.15) is 5.10 Å². The van der Waals surface area contributed by atoms with Crippen molar-refractivity contribution in [2.45, 2.75) is 26.9 Å². The Balaban J connectivity index is 1.56. The minimum absolute atomic E-state index is 0.643. The van der Waals surface area contributed by atoms with Crippen LogP contribution in [0.5, 0.6) is 0 Å². The predicted octanol–water partition coefficient (Wildman–Crippen LogP) is 0.989. The van der Waals surface area contributed by atoms with E-state index in [2.05, 4.69) is 37.4 Å². The van der Waals surface area contributed by atoms with Crippen LogP contribution in [0.25, 0.3) is 0 Å². The van der Waals surface area contributed by atoms with Gasteiger partial charge in [0.15, 0.2) is 5.96 Å². The van der Waals surface area contributed by atoms with Crippen molar-refractivity contribution in [2.75, 3.05) is 32.7 Å². The molecule has 0 radical (unpaired) electrons. The van der Waals surface area contributed by atoms with Gasteiger partial charge in [-0.15, -0.1) is 0 Å². The summed E-state index contributed by atoms with van der Waals surface area (Å²) in [6.45, 7) is 10.3. The smallest absolute Gasteiger partial charge is 0.194 e. The van der Waals surface area contributed by atoms with Crippen molar-refractivity contribution in [3.8, 4) is 0 Å². The fourth-order valence-corrected chi connectivity index (χ4v) is 2.79. The van der Waals surface area contributed by atoms with E-state index in [9.17, 15) is 0 Å². The van der Waals surface area contributed by atoms with Crippen molar-refractivity contribution < 1.29 is 4.52 Å². The number of rotatable bonds is 5. The fraction of sp³-hybridized carbons (Fsp3) is 0.562. The summed E-state index contributed by atoms with van der Waals surface area (Å²) < 4.78 is 4.90. The number of aryl methyl sites for hydroxylation is 1. The van der Waals surface area contributed by atoms with Crippen LogP contribution < -0.4 is 5.32 Å².